The van der Waals surface area contributed by atoms with Gasteiger partial charge in [0.25, 0.3) is 0 Å². The summed E-state index contributed by atoms with van der Waals surface area (Å²) >= 11 is 0. The van der Waals surface area contributed by atoms with E-state index in [1.807, 2.05) is 0 Å². The van der Waals surface area contributed by atoms with Crippen molar-refractivity contribution in [2.45, 2.75) is 31.9 Å². The molecule has 7 heteroatoms. The highest BCUT2D eigenvalue weighted by Crippen LogP contribution is 2.19. The van der Waals surface area contributed by atoms with Gasteiger partial charge in [-0.2, -0.15) is 8.78 Å². The number of anilines is 1. The Balaban J connectivity index is 1.91. The van der Waals surface area contributed by atoms with Crippen LogP contribution < -0.4 is 10.1 Å². The van der Waals surface area contributed by atoms with Gasteiger partial charge in [0.05, 0.1) is 12.4 Å². The van der Waals surface area contributed by atoms with Crippen molar-refractivity contribution in [3.8, 4) is 5.75 Å². The molecule has 5 nitrogen and oxygen atoms in total. The van der Waals surface area contributed by atoms with Crippen LogP contribution in [-0.2, 0) is 0 Å². The third-order valence-electron chi connectivity index (χ3n) is 2.47. The molecule has 0 spiro atoms. The number of alkyl halides is 2. The molecule has 1 aromatic rings. The first kappa shape index (κ1) is 11.7. The van der Waals surface area contributed by atoms with Crippen LogP contribution in [0.15, 0.2) is 12.4 Å². The van der Waals surface area contributed by atoms with Gasteiger partial charge in [0.2, 0.25) is 5.95 Å². The van der Waals surface area contributed by atoms with Crippen LogP contribution in [0.4, 0.5) is 14.7 Å². The van der Waals surface area contributed by atoms with Gasteiger partial charge in [-0.25, -0.2) is 9.97 Å². The van der Waals surface area contributed by atoms with E-state index in [0.717, 1.165) is 12.8 Å². The minimum absolute atomic E-state index is 0.0651. The van der Waals surface area contributed by atoms with Gasteiger partial charge in [-0.3, -0.25) is 0 Å². The molecule has 0 amide bonds. The maximum absolute atomic E-state index is 11.9. The molecule has 0 bridgehead atoms. The van der Waals surface area contributed by atoms with Crippen molar-refractivity contribution >= 4 is 11.7 Å². The van der Waals surface area contributed by atoms with E-state index in [-0.39, 0.29) is 11.8 Å². The highest BCUT2D eigenvalue weighted by Gasteiger charge is 2.19. The fraction of sp³-hybridized carbons (Fsp3) is 0.500. The summed E-state index contributed by atoms with van der Waals surface area (Å²) in [6.07, 6.45) is 4.73. The summed E-state index contributed by atoms with van der Waals surface area (Å²) in [7, 11) is 0. The highest BCUT2D eigenvalue weighted by atomic mass is 19.3. The van der Waals surface area contributed by atoms with E-state index in [1.165, 1.54) is 12.4 Å². The van der Waals surface area contributed by atoms with Crippen molar-refractivity contribution in [3.63, 3.8) is 0 Å². The lowest BCUT2D eigenvalue weighted by Crippen LogP contribution is -2.17. The van der Waals surface area contributed by atoms with Gasteiger partial charge < -0.3 is 15.5 Å². The van der Waals surface area contributed by atoms with Crippen LogP contribution in [0.2, 0.25) is 0 Å². The van der Waals surface area contributed by atoms with Crippen LogP contribution in [0.5, 0.6) is 5.75 Å². The van der Waals surface area contributed by atoms with Crippen LogP contribution in [-0.4, -0.2) is 28.3 Å². The van der Waals surface area contributed by atoms with Crippen molar-refractivity contribution < 1.29 is 13.5 Å². The van der Waals surface area contributed by atoms with Crippen molar-refractivity contribution in [2.75, 3.05) is 5.32 Å². The Morgan fingerprint density at radius 1 is 1.41 bits per heavy atom. The normalized spacial score (nSPS) is 19.7. The molecule has 92 valence electrons. The van der Waals surface area contributed by atoms with Gasteiger partial charge in [-0.1, -0.05) is 0 Å². The van der Waals surface area contributed by atoms with Crippen LogP contribution in [0, 0.1) is 5.41 Å². The van der Waals surface area contributed by atoms with Gasteiger partial charge in [0.1, 0.15) is 0 Å². The van der Waals surface area contributed by atoms with Crippen LogP contribution in [0.1, 0.15) is 19.3 Å². The van der Waals surface area contributed by atoms with Gasteiger partial charge >= 0.3 is 6.61 Å². The fourth-order valence-corrected chi connectivity index (χ4v) is 1.71. The summed E-state index contributed by atoms with van der Waals surface area (Å²) in [4.78, 5) is 7.74. The second kappa shape index (κ2) is 5.03. The van der Waals surface area contributed by atoms with Crippen LogP contribution in [0.3, 0.4) is 0 Å². The zero-order valence-electron chi connectivity index (χ0n) is 8.99. The SMILES string of the molecule is N=C1CC[C@H](Nc2ncc(OC(F)F)cn2)C1. The molecule has 1 heterocycles. The van der Waals surface area contributed by atoms with E-state index in [1.54, 1.807) is 0 Å². The largest absolute Gasteiger partial charge is 0.432 e. The molecule has 1 atom stereocenters. The molecule has 1 aliphatic carbocycles. The van der Waals surface area contributed by atoms with E-state index in [0.29, 0.717) is 18.1 Å². The number of aromatic nitrogens is 2. The van der Waals surface area contributed by atoms with Crippen LogP contribution in [0.25, 0.3) is 0 Å². The zero-order valence-corrected chi connectivity index (χ0v) is 8.99. The molecule has 0 radical (unpaired) electrons. The molecular formula is C10H12F2N4O. The lowest BCUT2D eigenvalue weighted by atomic mass is 10.2. The summed E-state index contributed by atoms with van der Waals surface area (Å²) in [5.41, 5.74) is 0.708. The number of nitrogens with zero attached hydrogens (tertiary/aromatic N) is 2. The van der Waals surface area contributed by atoms with Crippen molar-refractivity contribution in [1.29, 1.82) is 5.41 Å². The molecule has 2 rings (SSSR count). The predicted octanol–water partition coefficient (Wildman–Crippen LogP) is 2.06. The molecule has 0 unspecified atom stereocenters. The Hall–Kier alpha value is -1.79. The second-order valence-corrected chi connectivity index (χ2v) is 3.81. The number of halogens is 2. The molecule has 0 aliphatic heterocycles. The molecule has 1 aliphatic rings. The van der Waals surface area contributed by atoms with Crippen molar-refractivity contribution in [3.05, 3.63) is 12.4 Å². The standard InChI is InChI=1S/C10H12F2N4O/c11-9(12)17-8-4-14-10(15-5-8)16-7-2-1-6(13)3-7/h4-5,7,9,13H,1-3H2,(H,14,15,16)/t7-/m0/s1. The topological polar surface area (TPSA) is 70.9 Å². The van der Waals surface area contributed by atoms with E-state index in [2.05, 4.69) is 20.0 Å². The van der Waals surface area contributed by atoms with E-state index < -0.39 is 6.61 Å². The third-order valence-corrected chi connectivity index (χ3v) is 2.47. The van der Waals surface area contributed by atoms with E-state index >= 15 is 0 Å². The monoisotopic (exact) mass is 242 g/mol. The first-order valence-electron chi connectivity index (χ1n) is 5.23. The fourth-order valence-electron chi connectivity index (χ4n) is 1.71. The molecular weight excluding hydrogens is 230 g/mol. The second-order valence-electron chi connectivity index (χ2n) is 3.81. The number of hydrogen-bond acceptors (Lipinski definition) is 5. The average Bonchev–Trinajstić information content (AvgIpc) is 2.66. The Labute approximate surface area is 96.7 Å². The van der Waals surface area contributed by atoms with Crippen molar-refractivity contribution in [1.82, 2.24) is 9.97 Å². The van der Waals surface area contributed by atoms with Gasteiger partial charge in [0, 0.05) is 18.2 Å². The number of rotatable bonds is 4. The molecule has 1 saturated carbocycles. The van der Waals surface area contributed by atoms with Gasteiger partial charge in [0.15, 0.2) is 5.75 Å². The summed E-state index contributed by atoms with van der Waals surface area (Å²) in [6, 6.07) is 0.157. The lowest BCUT2D eigenvalue weighted by Gasteiger charge is -2.11. The van der Waals surface area contributed by atoms with Gasteiger partial charge in [-0.05, 0) is 12.8 Å². The van der Waals surface area contributed by atoms with Gasteiger partial charge in [-0.15, -0.1) is 0 Å². The Morgan fingerprint density at radius 3 is 2.65 bits per heavy atom. The molecule has 0 aromatic carbocycles. The number of nitrogens with one attached hydrogen (secondary N) is 2. The predicted molar refractivity (Wildman–Crippen MR) is 57.7 cm³/mol. The smallest absolute Gasteiger partial charge is 0.387 e. The lowest BCUT2D eigenvalue weighted by molar-refractivity contribution is -0.0503. The molecule has 17 heavy (non-hydrogen) atoms. The third kappa shape index (κ3) is 3.33. The summed E-state index contributed by atoms with van der Waals surface area (Å²) in [5, 5.41) is 10.5. The summed E-state index contributed by atoms with van der Waals surface area (Å²) in [5.74, 6) is 0.302. The minimum Gasteiger partial charge on any atom is -0.432 e. The maximum atomic E-state index is 11.9. The Kier molecular flexibility index (Phi) is 3.46. The molecule has 1 fully saturated rings. The first-order chi connectivity index (χ1) is 8.13. The average molecular weight is 242 g/mol. The Morgan fingerprint density at radius 2 is 2.12 bits per heavy atom. The van der Waals surface area contributed by atoms with Crippen molar-refractivity contribution in [2.24, 2.45) is 0 Å². The number of ether oxygens (including phenoxy) is 1. The minimum atomic E-state index is -2.87. The van der Waals surface area contributed by atoms with Crippen LogP contribution >= 0.6 is 0 Å². The quantitative estimate of drug-likeness (QED) is 0.847. The van der Waals surface area contributed by atoms with E-state index in [4.69, 9.17) is 5.41 Å². The maximum Gasteiger partial charge on any atom is 0.387 e. The molecule has 0 saturated heterocycles. The number of hydrogen-bond donors (Lipinski definition) is 2. The summed E-state index contributed by atoms with van der Waals surface area (Å²) in [6.45, 7) is -2.87. The Bertz CT molecular complexity index is 396. The highest BCUT2D eigenvalue weighted by molar-refractivity contribution is 5.84. The first-order valence-corrected chi connectivity index (χ1v) is 5.23. The summed E-state index contributed by atoms with van der Waals surface area (Å²) < 4.78 is 27.9. The molecule has 1 aromatic heterocycles. The molecule has 2 N–H and O–H groups in total. The van der Waals surface area contributed by atoms with E-state index in [9.17, 15) is 8.78 Å². The zero-order chi connectivity index (χ0) is 12.3.